The molecule has 0 unspecified atom stereocenters. The molecule has 4 aromatic rings. The first-order valence-electron chi connectivity index (χ1n) is 9.02. The topological polar surface area (TPSA) is 72.7 Å². The first kappa shape index (κ1) is 20.0. The summed E-state index contributed by atoms with van der Waals surface area (Å²) in [5.41, 5.74) is 0.736. The molecule has 4 aromatic heterocycles. The van der Waals surface area contributed by atoms with Crippen LogP contribution in [0.1, 0.15) is 26.5 Å². The molecule has 0 saturated carbocycles. The van der Waals surface area contributed by atoms with E-state index in [9.17, 15) is 18.0 Å². The molecule has 154 valence electrons. The van der Waals surface area contributed by atoms with Gasteiger partial charge in [0.15, 0.2) is 5.82 Å². The van der Waals surface area contributed by atoms with Crippen LogP contribution in [0.5, 0.6) is 0 Å². The van der Waals surface area contributed by atoms with E-state index in [-0.39, 0.29) is 4.83 Å². The molecule has 0 spiro atoms. The molecule has 0 aliphatic carbocycles. The number of anilines is 1. The number of hydrogen-bond donors (Lipinski definition) is 1. The number of rotatable bonds is 5. The standard InChI is InChI=1S/C20H16F3N5OS/c1-12-14-2-3-15(20(21,22)23)25-19(14)30-17(12)18(29)26-16-7-11-28(27-16)10-6-13-4-8-24-9-5-13/h2-5,7-9,11H,6,10H2,1H3,(H,26,27,29). The van der Waals surface area contributed by atoms with Crippen molar-refractivity contribution >= 4 is 33.3 Å². The molecule has 0 aliphatic heterocycles. The van der Waals surface area contributed by atoms with E-state index in [1.54, 1.807) is 36.3 Å². The van der Waals surface area contributed by atoms with E-state index in [1.807, 2.05) is 12.1 Å². The normalized spacial score (nSPS) is 11.7. The van der Waals surface area contributed by atoms with Gasteiger partial charge < -0.3 is 5.32 Å². The zero-order valence-electron chi connectivity index (χ0n) is 15.8. The number of halogens is 3. The smallest absolute Gasteiger partial charge is 0.304 e. The molecule has 0 atom stereocenters. The van der Waals surface area contributed by atoms with Gasteiger partial charge in [0.2, 0.25) is 0 Å². The number of amides is 1. The summed E-state index contributed by atoms with van der Waals surface area (Å²) in [7, 11) is 0. The second-order valence-electron chi connectivity index (χ2n) is 6.63. The third-order valence-electron chi connectivity index (χ3n) is 4.56. The van der Waals surface area contributed by atoms with Gasteiger partial charge in [0.1, 0.15) is 10.5 Å². The fourth-order valence-corrected chi connectivity index (χ4v) is 4.07. The lowest BCUT2D eigenvalue weighted by Gasteiger charge is -2.04. The summed E-state index contributed by atoms with van der Waals surface area (Å²) in [5, 5.41) is 7.56. The maximum absolute atomic E-state index is 12.9. The summed E-state index contributed by atoms with van der Waals surface area (Å²) in [5.74, 6) is -0.0565. The molecule has 4 rings (SSSR count). The van der Waals surface area contributed by atoms with Crippen molar-refractivity contribution in [1.82, 2.24) is 19.7 Å². The Labute approximate surface area is 173 Å². The van der Waals surface area contributed by atoms with E-state index in [0.717, 1.165) is 29.4 Å². The lowest BCUT2D eigenvalue weighted by molar-refractivity contribution is -0.140. The van der Waals surface area contributed by atoms with Crippen molar-refractivity contribution in [3.63, 3.8) is 0 Å². The lowest BCUT2D eigenvalue weighted by atomic mass is 10.2. The van der Waals surface area contributed by atoms with Gasteiger partial charge in [-0.05, 0) is 48.7 Å². The number of hydrogen-bond acceptors (Lipinski definition) is 5. The lowest BCUT2D eigenvalue weighted by Crippen LogP contribution is -2.12. The van der Waals surface area contributed by atoms with E-state index >= 15 is 0 Å². The van der Waals surface area contributed by atoms with E-state index in [0.29, 0.717) is 28.2 Å². The fraction of sp³-hybridized carbons (Fsp3) is 0.200. The Morgan fingerprint density at radius 3 is 2.67 bits per heavy atom. The Bertz CT molecular complexity index is 1200. The largest absolute Gasteiger partial charge is 0.433 e. The third kappa shape index (κ3) is 4.18. The number of nitrogens with one attached hydrogen (secondary N) is 1. The van der Waals surface area contributed by atoms with Crippen LogP contribution in [0, 0.1) is 6.92 Å². The van der Waals surface area contributed by atoms with Crippen LogP contribution in [0.4, 0.5) is 19.0 Å². The molecule has 30 heavy (non-hydrogen) atoms. The summed E-state index contributed by atoms with van der Waals surface area (Å²) in [6.45, 7) is 2.32. The minimum absolute atomic E-state index is 0.176. The van der Waals surface area contributed by atoms with Crippen LogP contribution in [0.2, 0.25) is 0 Å². The molecule has 6 nitrogen and oxygen atoms in total. The molecule has 10 heteroatoms. The average Bonchev–Trinajstić information content (AvgIpc) is 3.30. The molecular weight excluding hydrogens is 415 g/mol. The van der Waals surface area contributed by atoms with Crippen LogP contribution in [0.3, 0.4) is 0 Å². The molecule has 4 heterocycles. The second kappa shape index (κ2) is 7.86. The van der Waals surface area contributed by atoms with Gasteiger partial charge in [0, 0.05) is 36.6 Å². The highest BCUT2D eigenvalue weighted by Gasteiger charge is 2.33. The van der Waals surface area contributed by atoms with Crippen LogP contribution in [0.25, 0.3) is 10.2 Å². The SMILES string of the molecule is Cc1c(C(=O)Nc2ccn(CCc3ccncc3)n2)sc2nc(C(F)(F)F)ccc12. The van der Waals surface area contributed by atoms with Gasteiger partial charge in [0.05, 0.1) is 4.88 Å². The highest BCUT2D eigenvalue weighted by molar-refractivity contribution is 7.20. The molecule has 1 amide bonds. The van der Waals surface area contributed by atoms with Gasteiger partial charge >= 0.3 is 6.18 Å². The monoisotopic (exact) mass is 431 g/mol. The van der Waals surface area contributed by atoms with Crippen LogP contribution in [-0.2, 0) is 19.1 Å². The molecular formula is C20H16F3N5OS. The van der Waals surface area contributed by atoms with E-state index in [1.165, 1.54) is 6.07 Å². The minimum atomic E-state index is -4.53. The molecule has 0 bridgehead atoms. The van der Waals surface area contributed by atoms with Crippen LogP contribution in [0.15, 0.2) is 48.9 Å². The predicted molar refractivity (Wildman–Crippen MR) is 107 cm³/mol. The van der Waals surface area contributed by atoms with E-state index < -0.39 is 17.8 Å². The number of nitrogens with zero attached hydrogens (tertiary/aromatic N) is 4. The van der Waals surface area contributed by atoms with E-state index in [2.05, 4.69) is 20.4 Å². The maximum Gasteiger partial charge on any atom is 0.433 e. The number of thiophene rings is 1. The van der Waals surface area contributed by atoms with Gasteiger partial charge in [-0.2, -0.15) is 18.3 Å². The van der Waals surface area contributed by atoms with Gasteiger partial charge in [0.25, 0.3) is 5.91 Å². The molecule has 0 fully saturated rings. The predicted octanol–water partition coefficient (Wildman–Crippen LogP) is 4.71. The van der Waals surface area contributed by atoms with Crippen molar-refractivity contribution in [2.24, 2.45) is 0 Å². The summed E-state index contributed by atoms with van der Waals surface area (Å²) in [6.07, 6.45) is 1.44. The summed E-state index contributed by atoms with van der Waals surface area (Å²) < 4.78 is 40.4. The van der Waals surface area contributed by atoms with Crippen molar-refractivity contribution in [3.8, 4) is 0 Å². The maximum atomic E-state index is 12.9. The highest BCUT2D eigenvalue weighted by atomic mass is 32.1. The van der Waals surface area contributed by atoms with Crippen molar-refractivity contribution in [1.29, 1.82) is 0 Å². The highest BCUT2D eigenvalue weighted by Crippen LogP contribution is 2.34. The molecule has 0 saturated heterocycles. The van der Waals surface area contributed by atoms with Crippen LogP contribution < -0.4 is 5.32 Å². The molecule has 0 radical (unpaired) electrons. The zero-order valence-corrected chi connectivity index (χ0v) is 16.6. The Balaban J connectivity index is 1.48. The summed E-state index contributed by atoms with van der Waals surface area (Å²) in [6, 6.07) is 7.80. The quantitative estimate of drug-likeness (QED) is 0.497. The van der Waals surface area contributed by atoms with Crippen LogP contribution >= 0.6 is 11.3 Å². The second-order valence-corrected chi connectivity index (χ2v) is 7.63. The van der Waals surface area contributed by atoms with Crippen molar-refractivity contribution in [2.75, 3.05) is 5.32 Å². The number of aromatic nitrogens is 4. The number of carbonyl (C=O) groups is 1. The van der Waals surface area contributed by atoms with Gasteiger partial charge in [-0.15, -0.1) is 11.3 Å². The third-order valence-corrected chi connectivity index (χ3v) is 5.76. The zero-order chi connectivity index (χ0) is 21.3. The van der Waals surface area contributed by atoms with Gasteiger partial charge in [-0.1, -0.05) is 0 Å². The van der Waals surface area contributed by atoms with Gasteiger partial charge in [-0.3, -0.25) is 14.5 Å². The number of aryl methyl sites for hydroxylation is 3. The Morgan fingerprint density at radius 1 is 1.17 bits per heavy atom. The van der Waals surface area contributed by atoms with Crippen molar-refractivity contribution in [3.05, 3.63) is 70.6 Å². The minimum Gasteiger partial charge on any atom is -0.304 e. The average molecular weight is 431 g/mol. The summed E-state index contributed by atoms with van der Waals surface area (Å²) in [4.78, 5) is 20.8. The fourth-order valence-electron chi connectivity index (χ4n) is 2.99. The number of fused-ring (bicyclic) bond motifs is 1. The van der Waals surface area contributed by atoms with Gasteiger partial charge in [-0.25, -0.2) is 4.98 Å². The first-order chi connectivity index (χ1) is 14.3. The summed E-state index contributed by atoms with van der Waals surface area (Å²) >= 11 is 0.932. The number of alkyl halides is 3. The Morgan fingerprint density at radius 2 is 1.93 bits per heavy atom. The van der Waals surface area contributed by atoms with Crippen molar-refractivity contribution in [2.45, 2.75) is 26.1 Å². The number of pyridine rings is 2. The molecule has 1 N–H and O–H groups in total. The van der Waals surface area contributed by atoms with E-state index in [4.69, 9.17) is 0 Å². The molecule has 0 aromatic carbocycles. The van der Waals surface area contributed by atoms with Crippen molar-refractivity contribution < 1.29 is 18.0 Å². The first-order valence-corrected chi connectivity index (χ1v) is 9.84. The molecule has 0 aliphatic rings. The Kier molecular flexibility index (Phi) is 5.25. The Hall–Kier alpha value is -3.27. The van der Waals surface area contributed by atoms with Crippen LogP contribution in [-0.4, -0.2) is 25.7 Å². The number of carbonyl (C=O) groups excluding carboxylic acids is 1.